The molecule has 0 aliphatic carbocycles. The number of aliphatic hydroxyl groups is 1. The van der Waals surface area contributed by atoms with Crippen LogP contribution in [0.2, 0.25) is 0 Å². The predicted molar refractivity (Wildman–Crippen MR) is 395 cm³/mol. The van der Waals surface area contributed by atoms with Gasteiger partial charge >= 0.3 is 39.5 Å². The van der Waals surface area contributed by atoms with Crippen LogP contribution in [0.3, 0.4) is 0 Å². The number of phosphoric acid groups is 2. The molecular weight excluding hydrogens is 1270 g/mol. The molecule has 0 aromatic carbocycles. The number of phosphoric ester groups is 2. The van der Waals surface area contributed by atoms with Gasteiger partial charge in [0, 0.05) is 25.7 Å². The highest BCUT2D eigenvalue weighted by atomic mass is 31.2. The van der Waals surface area contributed by atoms with Gasteiger partial charge in [0.05, 0.1) is 26.4 Å². The lowest BCUT2D eigenvalue weighted by Gasteiger charge is -2.21. The molecule has 4 unspecified atom stereocenters. The van der Waals surface area contributed by atoms with Crippen LogP contribution in [0.25, 0.3) is 0 Å². The largest absolute Gasteiger partial charge is 0.472 e. The van der Waals surface area contributed by atoms with Crippen molar-refractivity contribution >= 4 is 39.5 Å². The maximum Gasteiger partial charge on any atom is 0.472 e. The van der Waals surface area contributed by atoms with Crippen molar-refractivity contribution in [1.29, 1.82) is 0 Å². The first-order valence-electron chi connectivity index (χ1n) is 40.4. The van der Waals surface area contributed by atoms with Crippen LogP contribution in [-0.4, -0.2) is 96.7 Å². The van der Waals surface area contributed by atoms with Gasteiger partial charge in [-0.2, -0.15) is 0 Å². The number of ether oxygens (including phenoxy) is 4. The number of aliphatic hydroxyl groups excluding tert-OH is 1. The second-order valence-corrected chi connectivity index (χ2v) is 32.0. The summed E-state index contributed by atoms with van der Waals surface area (Å²) in [4.78, 5) is 72.9. The van der Waals surface area contributed by atoms with Crippen molar-refractivity contribution in [3.63, 3.8) is 0 Å². The number of unbranched alkanes of at least 4 members (excludes halogenated alkanes) is 42. The highest BCUT2D eigenvalue weighted by molar-refractivity contribution is 7.47. The van der Waals surface area contributed by atoms with Gasteiger partial charge in [-0.15, -0.1) is 0 Å². The molecule has 19 heteroatoms. The summed E-state index contributed by atoms with van der Waals surface area (Å²) in [7, 11) is -9.92. The normalized spacial score (nSPS) is 14.6. The Labute approximate surface area is 594 Å². The lowest BCUT2D eigenvalue weighted by atomic mass is 9.99. The number of carbonyl (C=O) groups excluding carboxylic acids is 4. The second kappa shape index (κ2) is 68.5. The van der Waals surface area contributed by atoms with Crippen molar-refractivity contribution < 1.29 is 80.2 Å². The Morgan fingerprint density at radius 1 is 0.299 bits per heavy atom. The summed E-state index contributed by atoms with van der Waals surface area (Å²) >= 11 is 0. The summed E-state index contributed by atoms with van der Waals surface area (Å²) in [6, 6.07) is 0. The molecule has 0 aromatic rings. The summed E-state index contributed by atoms with van der Waals surface area (Å²) in [5.41, 5.74) is 0. The summed E-state index contributed by atoms with van der Waals surface area (Å²) < 4.78 is 68.6. The van der Waals surface area contributed by atoms with Gasteiger partial charge in [0.2, 0.25) is 0 Å². The van der Waals surface area contributed by atoms with Crippen LogP contribution in [0, 0.1) is 17.8 Å². The van der Waals surface area contributed by atoms with Crippen molar-refractivity contribution in [2.75, 3.05) is 39.6 Å². The maximum atomic E-state index is 13.1. The SMILES string of the molecule is CCCCCCCCCCCCCCC(=O)OC[C@H](COP(=O)(O)OC[C@H](O)COP(=O)(O)OC[C@@H](COC(=O)CCCCCCCCCCCCC(C)CC)OC(=O)CCCCCCCCCCCCCCCCC(C)CC)OC(=O)CCCCCCCCCCCCC(C)C. The molecule has 0 bridgehead atoms. The van der Waals surface area contributed by atoms with Crippen LogP contribution in [0.4, 0.5) is 0 Å². The number of esters is 4. The maximum absolute atomic E-state index is 13.1. The first-order chi connectivity index (χ1) is 46.8. The van der Waals surface area contributed by atoms with Gasteiger partial charge in [-0.05, 0) is 43.4 Å². The lowest BCUT2D eigenvalue weighted by molar-refractivity contribution is -0.161. The molecule has 0 heterocycles. The average Bonchev–Trinajstić information content (AvgIpc) is 1.53. The molecule has 576 valence electrons. The second-order valence-electron chi connectivity index (χ2n) is 29.1. The molecule has 0 saturated carbocycles. The Morgan fingerprint density at radius 2 is 0.526 bits per heavy atom. The van der Waals surface area contributed by atoms with E-state index in [4.69, 9.17) is 37.0 Å². The van der Waals surface area contributed by atoms with Crippen molar-refractivity contribution in [3.05, 3.63) is 0 Å². The topological polar surface area (TPSA) is 237 Å². The average molecular weight is 1420 g/mol. The van der Waals surface area contributed by atoms with Crippen molar-refractivity contribution in [3.8, 4) is 0 Å². The monoisotopic (exact) mass is 1420 g/mol. The van der Waals surface area contributed by atoms with E-state index in [2.05, 4.69) is 48.5 Å². The number of hydrogen-bond acceptors (Lipinski definition) is 15. The highest BCUT2D eigenvalue weighted by Crippen LogP contribution is 2.45. The van der Waals surface area contributed by atoms with Crippen LogP contribution in [0.5, 0.6) is 0 Å². The zero-order valence-corrected chi connectivity index (χ0v) is 65.3. The van der Waals surface area contributed by atoms with Gasteiger partial charge in [0.1, 0.15) is 19.3 Å². The van der Waals surface area contributed by atoms with E-state index >= 15 is 0 Å². The first-order valence-corrected chi connectivity index (χ1v) is 43.4. The van der Waals surface area contributed by atoms with Gasteiger partial charge < -0.3 is 33.8 Å². The molecule has 0 aliphatic rings. The zero-order chi connectivity index (χ0) is 71.6. The van der Waals surface area contributed by atoms with Gasteiger partial charge in [0.15, 0.2) is 12.2 Å². The molecule has 3 N–H and O–H groups in total. The van der Waals surface area contributed by atoms with E-state index in [9.17, 15) is 43.2 Å². The summed E-state index contributed by atoms with van der Waals surface area (Å²) in [6.45, 7) is 12.0. The van der Waals surface area contributed by atoms with Crippen molar-refractivity contribution in [1.82, 2.24) is 0 Å². The van der Waals surface area contributed by atoms with Crippen LogP contribution < -0.4 is 0 Å². The highest BCUT2D eigenvalue weighted by Gasteiger charge is 2.30. The molecule has 0 aromatic heterocycles. The molecule has 0 aliphatic heterocycles. The van der Waals surface area contributed by atoms with Crippen LogP contribution >= 0.6 is 15.6 Å². The minimum Gasteiger partial charge on any atom is -0.462 e. The minimum atomic E-state index is -4.96. The smallest absolute Gasteiger partial charge is 0.462 e. The molecule has 0 fully saturated rings. The van der Waals surface area contributed by atoms with E-state index in [1.165, 1.54) is 212 Å². The summed E-state index contributed by atoms with van der Waals surface area (Å²) in [5, 5.41) is 10.6. The summed E-state index contributed by atoms with van der Waals surface area (Å²) in [5.74, 6) is 0.294. The third-order valence-corrected chi connectivity index (χ3v) is 20.8. The van der Waals surface area contributed by atoms with Gasteiger partial charge in [-0.3, -0.25) is 37.3 Å². The molecule has 0 radical (unpaired) electrons. The predicted octanol–water partition coefficient (Wildman–Crippen LogP) is 23.0. The minimum absolute atomic E-state index is 0.106. The van der Waals surface area contributed by atoms with E-state index in [0.29, 0.717) is 25.7 Å². The standard InChI is InChI=1S/C78H152O17P2/c1-8-11-12-13-14-15-16-22-31-38-45-52-59-75(80)88-65-74(95-78(83)62-55-48-41-34-26-24-28-35-42-49-56-69(4)5)68-93-97(86,87)91-64-72(79)63-90-96(84,85)92-67-73(66-89-76(81)60-53-46-39-32-27-25-30-37-44-51-58-71(7)10-3)94-77(82)61-54-47-40-33-23-20-18-17-19-21-29-36-43-50-57-70(6)9-2/h69-74,79H,8-68H2,1-7H3,(H,84,85)(H,86,87)/t70?,71?,72-,73-,74-/m1/s1. The Kier molecular flexibility index (Phi) is 67.1. The fourth-order valence-corrected chi connectivity index (χ4v) is 13.5. The van der Waals surface area contributed by atoms with Gasteiger partial charge in [-0.1, -0.05) is 350 Å². The number of hydrogen-bond donors (Lipinski definition) is 3. The molecule has 7 atom stereocenters. The Balaban J connectivity index is 5.27. The third kappa shape index (κ3) is 69.5. The summed E-state index contributed by atoms with van der Waals surface area (Å²) in [6.07, 6.45) is 55.2. The van der Waals surface area contributed by atoms with E-state index in [-0.39, 0.29) is 25.7 Å². The van der Waals surface area contributed by atoms with Gasteiger partial charge in [0.25, 0.3) is 0 Å². The first kappa shape index (κ1) is 95.1. The van der Waals surface area contributed by atoms with E-state index in [1.54, 1.807) is 0 Å². The Bertz CT molecular complexity index is 1890. The fraction of sp³-hybridized carbons (Fsp3) is 0.949. The van der Waals surface area contributed by atoms with Crippen molar-refractivity contribution in [2.45, 2.75) is 420 Å². The molecule has 0 rings (SSSR count). The molecule has 97 heavy (non-hydrogen) atoms. The van der Waals surface area contributed by atoms with E-state index in [1.807, 2.05) is 0 Å². The van der Waals surface area contributed by atoms with Crippen LogP contribution in [0.1, 0.15) is 402 Å². The van der Waals surface area contributed by atoms with Crippen LogP contribution in [0.15, 0.2) is 0 Å². The quantitative estimate of drug-likeness (QED) is 0.0222. The van der Waals surface area contributed by atoms with E-state index in [0.717, 1.165) is 108 Å². The fourth-order valence-electron chi connectivity index (χ4n) is 11.9. The van der Waals surface area contributed by atoms with Crippen molar-refractivity contribution in [2.24, 2.45) is 17.8 Å². The Hall–Kier alpha value is -1.94. The molecule has 17 nitrogen and oxygen atoms in total. The van der Waals surface area contributed by atoms with Gasteiger partial charge in [-0.25, -0.2) is 9.13 Å². The number of carbonyl (C=O) groups is 4. The Morgan fingerprint density at radius 3 is 0.784 bits per heavy atom. The lowest BCUT2D eigenvalue weighted by Crippen LogP contribution is -2.30. The zero-order valence-electron chi connectivity index (χ0n) is 63.5. The molecule has 0 saturated heterocycles. The third-order valence-electron chi connectivity index (χ3n) is 18.9. The molecular formula is C78H152O17P2. The van der Waals surface area contributed by atoms with Crippen LogP contribution in [-0.2, 0) is 65.4 Å². The number of rotatable bonds is 76. The van der Waals surface area contributed by atoms with E-state index < -0.39 is 97.5 Å². The molecule has 0 spiro atoms. The molecule has 0 amide bonds.